The number of carbonyl (C=O) groups is 1. The number of carbonyl (C=O) groups excluding carboxylic acids is 1. The molecule has 19 heavy (non-hydrogen) atoms. The van der Waals surface area contributed by atoms with Crippen LogP contribution >= 0.6 is 0 Å². The summed E-state index contributed by atoms with van der Waals surface area (Å²) < 4.78 is 33.5. The van der Waals surface area contributed by atoms with Crippen LogP contribution in [0.5, 0.6) is 5.75 Å². The molecule has 0 radical (unpaired) electrons. The first-order valence-electron chi connectivity index (χ1n) is 5.56. The van der Waals surface area contributed by atoms with E-state index in [1.165, 1.54) is 32.4 Å². The van der Waals surface area contributed by atoms with Gasteiger partial charge in [0, 0.05) is 6.61 Å². The van der Waals surface area contributed by atoms with Gasteiger partial charge in [0.25, 0.3) is 0 Å². The molecule has 0 spiro atoms. The Kier molecular flexibility index (Phi) is 5.31. The molecule has 0 unspecified atom stereocenters. The summed E-state index contributed by atoms with van der Waals surface area (Å²) in [6, 6.07) is 3.98. The Morgan fingerprint density at radius 2 is 2.00 bits per heavy atom. The highest BCUT2D eigenvalue weighted by Crippen LogP contribution is 2.24. The summed E-state index contributed by atoms with van der Waals surface area (Å²) >= 11 is 0. The Morgan fingerprint density at radius 3 is 2.53 bits per heavy atom. The lowest BCUT2D eigenvalue weighted by molar-refractivity contribution is 0.0597. The van der Waals surface area contributed by atoms with Gasteiger partial charge in [-0.25, -0.2) is 13.2 Å². The van der Waals surface area contributed by atoms with Crippen molar-refractivity contribution in [2.75, 3.05) is 26.6 Å². The third-order valence-electron chi connectivity index (χ3n) is 2.51. The lowest BCUT2D eigenvalue weighted by Gasteiger charge is -2.09. The summed E-state index contributed by atoms with van der Waals surface area (Å²) in [6.45, 7) is -0.209. The molecule has 0 heterocycles. The van der Waals surface area contributed by atoms with Crippen molar-refractivity contribution >= 4 is 15.8 Å². The highest BCUT2D eigenvalue weighted by molar-refractivity contribution is 7.91. The van der Waals surface area contributed by atoms with Gasteiger partial charge in [-0.3, -0.25) is 0 Å². The zero-order valence-corrected chi connectivity index (χ0v) is 11.6. The van der Waals surface area contributed by atoms with Crippen LogP contribution in [-0.2, 0) is 14.6 Å². The van der Waals surface area contributed by atoms with Crippen LogP contribution in [0.1, 0.15) is 16.8 Å². The number of aliphatic hydroxyl groups excluding tert-OH is 1. The molecule has 0 atom stereocenters. The normalized spacial score (nSPS) is 11.1. The largest absolute Gasteiger partial charge is 0.496 e. The van der Waals surface area contributed by atoms with Gasteiger partial charge in [0.2, 0.25) is 0 Å². The Hall–Kier alpha value is -1.60. The maximum absolute atomic E-state index is 11.9. The van der Waals surface area contributed by atoms with E-state index < -0.39 is 15.8 Å². The summed E-state index contributed by atoms with van der Waals surface area (Å²) in [6.07, 6.45) is 0.141. The topological polar surface area (TPSA) is 89.9 Å². The standard InChI is InChI=1S/C12H16O6S/c1-17-11-5-4-9(8-10(11)12(14)18-2)19(15,16)7-3-6-13/h4-5,8,13H,3,6-7H2,1-2H3. The van der Waals surface area contributed by atoms with Crippen LogP contribution in [0, 0.1) is 0 Å². The SMILES string of the molecule is COC(=O)c1cc(S(=O)(=O)CCCO)ccc1OC. The van der Waals surface area contributed by atoms with E-state index in [1.807, 2.05) is 0 Å². The van der Waals surface area contributed by atoms with E-state index in [2.05, 4.69) is 4.74 Å². The molecule has 0 saturated carbocycles. The first-order chi connectivity index (χ1) is 8.96. The van der Waals surface area contributed by atoms with Gasteiger partial charge in [-0.05, 0) is 24.6 Å². The molecule has 0 bridgehead atoms. The van der Waals surface area contributed by atoms with Crippen molar-refractivity contribution in [1.29, 1.82) is 0 Å². The van der Waals surface area contributed by atoms with Crippen molar-refractivity contribution in [3.8, 4) is 5.75 Å². The van der Waals surface area contributed by atoms with E-state index in [0.717, 1.165) is 0 Å². The van der Waals surface area contributed by atoms with Crippen LogP contribution < -0.4 is 4.74 Å². The number of benzene rings is 1. The van der Waals surface area contributed by atoms with E-state index in [-0.39, 0.29) is 35.0 Å². The van der Waals surface area contributed by atoms with Gasteiger partial charge in [-0.2, -0.15) is 0 Å². The minimum Gasteiger partial charge on any atom is -0.496 e. The van der Waals surface area contributed by atoms with Crippen LogP contribution in [-0.4, -0.2) is 46.1 Å². The molecule has 1 aromatic carbocycles. The first kappa shape index (κ1) is 15.5. The van der Waals surface area contributed by atoms with Gasteiger partial charge >= 0.3 is 5.97 Å². The number of ether oxygens (including phenoxy) is 2. The maximum atomic E-state index is 11.9. The summed E-state index contributed by atoms with van der Waals surface area (Å²) in [5.74, 6) is -0.611. The molecule has 0 aromatic heterocycles. The number of methoxy groups -OCH3 is 2. The smallest absolute Gasteiger partial charge is 0.341 e. The predicted molar refractivity (Wildman–Crippen MR) is 68.1 cm³/mol. The van der Waals surface area contributed by atoms with E-state index in [1.54, 1.807) is 0 Å². The van der Waals surface area contributed by atoms with Crippen molar-refractivity contribution in [2.24, 2.45) is 0 Å². The quantitative estimate of drug-likeness (QED) is 0.772. The molecular formula is C12H16O6S. The summed E-state index contributed by atoms with van der Waals surface area (Å²) in [7, 11) is -0.955. The lowest BCUT2D eigenvalue weighted by Crippen LogP contribution is -2.11. The van der Waals surface area contributed by atoms with E-state index in [4.69, 9.17) is 9.84 Å². The zero-order chi connectivity index (χ0) is 14.5. The van der Waals surface area contributed by atoms with Crippen molar-refractivity contribution in [2.45, 2.75) is 11.3 Å². The minimum absolute atomic E-state index is 0.00199. The van der Waals surface area contributed by atoms with Crippen LogP contribution in [0.3, 0.4) is 0 Å². The van der Waals surface area contributed by atoms with Crippen LogP contribution in [0.25, 0.3) is 0 Å². The Bertz CT molecular complexity index is 549. The fourth-order valence-corrected chi connectivity index (χ4v) is 2.84. The Balaban J connectivity index is 3.21. The monoisotopic (exact) mass is 288 g/mol. The molecule has 1 aromatic rings. The highest BCUT2D eigenvalue weighted by atomic mass is 32.2. The molecule has 106 valence electrons. The van der Waals surface area contributed by atoms with Crippen LogP contribution in [0.15, 0.2) is 23.1 Å². The summed E-state index contributed by atoms with van der Waals surface area (Å²) in [4.78, 5) is 11.6. The first-order valence-corrected chi connectivity index (χ1v) is 7.21. The number of esters is 1. The van der Waals surface area contributed by atoms with Gasteiger partial charge in [0.05, 0.1) is 24.9 Å². The van der Waals surface area contributed by atoms with E-state index in [0.29, 0.717) is 0 Å². The van der Waals surface area contributed by atoms with Gasteiger partial charge in [-0.1, -0.05) is 0 Å². The Labute approximate surface area is 111 Å². The zero-order valence-electron chi connectivity index (χ0n) is 10.8. The average molecular weight is 288 g/mol. The summed E-state index contributed by atoms with van der Waals surface area (Å²) in [5.41, 5.74) is 0.0510. The molecule has 0 saturated heterocycles. The molecule has 0 aliphatic heterocycles. The molecule has 1 N–H and O–H groups in total. The van der Waals surface area contributed by atoms with E-state index >= 15 is 0 Å². The number of hydrogen-bond acceptors (Lipinski definition) is 6. The van der Waals surface area contributed by atoms with E-state index in [9.17, 15) is 13.2 Å². The third kappa shape index (κ3) is 3.68. The number of hydrogen-bond donors (Lipinski definition) is 1. The summed E-state index contributed by atoms with van der Waals surface area (Å²) in [5, 5.41) is 8.68. The van der Waals surface area contributed by atoms with Crippen molar-refractivity contribution in [3.05, 3.63) is 23.8 Å². The number of aliphatic hydroxyl groups is 1. The fourth-order valence-electron chi connectivity index (χ4n) is 1.52. The molecule has 7 heteroatoms. The van der Waals surface area contributed by atoms with Crippen LogP contribution in [0.4, 0.5) is 0 Å². The molecule has 0 amide bonds. The number of rotatable bonds is 6. The highest BCUT2D eigenvalue weighted by Gasteiger charge is 2.19. The van der Waals surface area contributed by atoms with Crippen LogP contribution in [0.2, 0.25) is 0 Å². The second kappa shape index (κ2) is 6.53. The third-order valence-corrected chi connectivity index (χ3v) is 4.30. The fraction of sp³-hybridized carbons (Fsp3) is 0.417. The molecule has 0 aliphatic carbocycles. The average Bonchev–Trinajstić information content (AvgIpc) is 2.43. The van der Waals surface area contributed by atoms with Gasteiger partial charge in [0.15, 0.2) is 9.84 Å². The minimum atomic E-state index is -3.53. The molecule has 0 fully saturated rings. The molecule has 0 aliphatic rings. The lowest BCUT2D eigenvalue weighted by atomic mass is 10.2. The molecule has 1 rings (SSSR count). The van der Waals surface area contributed by atoms with Gasteiger partial charge in [0.1, 0.15) is 11.3 Å². The Morgan fingerprint density at radius 1 is 1.32 bits per heavy atom. The van der Waals surface area contributed by atoms with Gasteiger partial charge in [-0.15, -0.1) is 0 Å². The van der Waals surface area contributed by atoms with Crippen molar-refractivity contribution in [1.82, 2.24) is 0 Å². The second-order valence-corrected chi connectivity index (χ2v) is 5.86. The second-order valence-electron chi connectivity index (χ2n) is 3.75. The van der Waals surface area contributed by atoms with Crippen molar-refractivity contribution in [3.63, 3.8) is 0 Å². The van der Waals surface area contributed by atoms with Gasteiger partial charge < -0.3 is 14.6 Å². The molecular weight excluding hydrogens is 272 g/mol. The predicted octanol–water partition coefficient (Wildman–Crippen LogP) is 0.638. The van der Waals surface area contributed by atoms with Crippen molar-refractivity contribution < 1.29 is 27.8 Å². The number of sulfone groups is 1. The molecule has 6 nitrogen and oxygen atoms in total. The maximum Gasteiger partial charge on any atom is 0.341 e.